The molecular weight excluding hydrogens is 223 g/mol. The van der Waals surface area contributed by atoms with Crippen LogP contribution in [0.2, 0.25) is 0 Å². The van der Waals surface area contributed by atoms with E-state index < -0.39 is 30.2 Å². The number of pyridine rings is 1. The molecule has 6 heteroatoms. The molecule has 0 bridgehead atoms. The molecule has 0 aliphatic heterocycles. The van der Waals surface area contributed by atoms with Crippen LogP contribution in [0.4, 0.5) is 13.2 Å². The van der Waals surface area contributed by atoms with E-state index in [0.717, 1.165) is 12.3 Å². The summed E-state index contributed by atoms with van der Waals surface area (Å²) < 4.78 is 42.6. The van der Waals surface area contributed by atoms with E-state index in [9.17, 15) is 18.0 Å². The molecule has 1 rings (SSSR count). The van der Waals surface area contributed by atoms with E-state index in [1.165, 1.54) is 0 Å². The van der Waals surface area contributed by atoms with Crippen LogP contribution < -0.4 is 0 Å². The lowest BCUT2D eigenvalue weighted by Gasteiger charge is -2.06. The highest BCUT2D eigenvalue weighted by atomic mass is 19.3. The molecule has 0 aliphatic carbocycles. The predicted octanol–water partition coefficient (Wildman–Crippen LogP) is 2.26. The molecule has 0 atom stereocenters. The Morgan fingerprint density at radius 2 is 2.25 bits per heavy atom. The number of aromatic nitrogens is 1. The molecule has 88 valence electrons. The second-order valence-corrected chi connectivity index (χ2v) is 2.94. The second-order valence-electron chi connectivity index (χ2n) is 2.94. The SMILES string of the molecule is CCOC(=O)Cc1nccc(C(F)F)c1F. The Bertz CT molecular complexity index is 382. The van der Waals surface area contributed by atoms with Crippen molar-refractivity contribution >= 4 is 5.97 Å². The first kappa shape index (κ1) is 12.5. The van der Waals surface area contributed by atoms with Crippen molar-refractivity contribution in [2.75, 3.05) is 6.61 Å². The summed E-state index contributed by atoms with van der Waals surface area (Å²) in [5, 5.41) is 0. The zero-order valence-electron chi connectivity index (χ0n) is 8.54. The minimum atomic E-state index is -2.93. The number of nitrogens with zero attached hydrogens (tertiary/aromatic N) is 1. The Morgan fingerprint density at radius 1 is 1.56 bits per heavy atom. The Balaban J connectivity index is 2.89. The summed E-state index contributed by atoms with van der Waals surface area (Å²) in [6.07, 6.45) is -2.33. The molecule has 0 saturated heterocycles. The van der Waals surface area contributed by atoms with Crippen LogP contribution in [-0.2, 0) is 16.0 Å². The largest absolute Gasteiger partial charge is 0.466 e. The van der Waals surface area contributed by atoms with Crippen LogP contribution in [0.1, 0.15) is 24.6 Å². The Kier molecular flexibility index (Phi) is 4.28. The third-order valence-corrected chi connectivity index (χ3v) is 1.84. The van der Waals surface area contributed by atoms with Crippen molar-refractivity contribution in [3.05, 3.63) is 29.3 Å². The van der Waals surface area contributed by atoms with Gasteiger partial charge in [-0.1, -0.05) is 0 Å². The summed E-state index contributed by atoms with van der Waals surface area (Å²) in [4.78, 5) is 14.6. The van der Waals surface area contributed by atoms with Gasteiger partial charge in [-0.05, 0) is 13.0 Å². The predicted molar refractivity (Wildman–Crippen MR) is 49.5 cm³/mol. The van der Waals surface area contributed by atoms with Gasteiger partial charge >= 0.3 is 5.97 Å². The Hall–Kier alpha value is -1.59. The lowest BCUT2D eigenvalue weighted by atomic mass is 10.2. The van der Waals surface area contributed by atoms with Crippen LogP contribution >= 0.6 is 0 Å². The number of carbonyl (C=O) groups is 1. The monoisotopic (exact) mass is 233 g/mol. The minimum Gasteiger partial charge on any atom is -0.466 e. The summed E-state index contributed by atoms with van der Waals surface area (Å²) in [5.74, 6) is -1.84. The molecule has 0 amide bonds. The molecule has 0 fully saturated rings. The van der Waals surface area contributed by atoms with Gasteiger partial charge in [-0.3, -0.25) is 9.78 Å². The van der Waals surface area contributed by atoms with Gasteiger partial charge in [0.15, 0.2) is 5.82 Å². The summed E-state index contributed by atoms with van der Waals surface area (Å²) in [7, 11) is 0. The van der Waals surface area contributed by atoms with Crippen molar-refractivity contribution in [2.24, 2.45) is 0 Å². The highest BCUT2D eigenvalue weighted by Gasteiger charge is 2.19. The van der Waals surface area contributed by atoms with Crippen molar-refractivity contribution in [3.8, 4) is 0 Å². The number of alkyl halides is 2. The van der Waals surface area contributed by atoms with E-state index in [1.807, 2.05) is 0 Å². The fourth-order valence-electron chi connectivity index (χ4n) is 1.14. The smallest absolute Gasteiger partial charge is 0.311 e. The fraction of sp³-hybridized carbons (Fsp3) is 0.400. The summed E-state index contributed by atoms with van der Waals surface area (Å²) in [6.45, 7) is 1.74. The number of hydrogen-bond donors (Lipinski definition) is 0. The molecule has 0 aliphatic rings. The standard InChI is InChI=1S/C10H10F3NO2/c1-2-16-8(15)5-7-9(11)6(10(12)13)3-4-14-7/h3-4,10H,2,5H2,1H3. The van der Waals surface area contributed by atoms with Crippen molar-refractivity contribution in [1.82, 2.24) is 4.98 Å². The summed E-state index contributed by atoms with van der Waals surface area (Å²) >= 11 is 0. The molecule has 1 aromatic heterocycles. The van der Waals surface area contributed by atoms with E-state index in [-0.39, 0.29) is 12.3 Å². The van der Waals surface area contributed by atoms with E-state index >= 15 is 0 Å². The third-order valence-electron chi connectivity index (χ3n) is 1.84. The highest BCUT2D eigenvalue weighted by Crippen LogP contribution is 2.23. The van der Waals surface area contributed by atoms with Gasteiger partial charge in [0.2, 0.25) is 0 Å². The van der Waals surface area contributed by atoms with Gasteiger partial charge in [0, 0.05) is 6.20 Å². The lowest BCUT2D eigenvalue weighted by Crippen LogP contribution is -2.11. The lowest BCUT2D eigenvalue weighted by molar-refractivity contribution is -0.142. The van der Waals surface area contributed by atoms with Crippen LogP contribution in [0.5, 0.6) is 0 Å². The molecule has 0 saturated carbocycles. The molecule has 0 radical (unpaired) electrons. The molecule has 0 unspecified atom stereocenters. The van der Waals surface area contributed by atoms with Crippen LogP contribution in [0.3, 0.4) is 0 Å². The molecule has 1 aromatic rings. The van der Waals surface area contributed by atoms with Crippen molar-refractivity contribution < 1.29 is 22.7 Å². The normalized spacial score (nSPS) is 10.6. The van der Waals surface area contributed by atoms with Gasteiger partial charge in [0.1, 0.15) is 0 Å². The summed E-state index contributed by atoms with van der Waals surface area (Å²) in [6, 6.07) is 0.884. The van der Waals surface area contributed by atoms with Crippen molar-refractivity contribution in [1.29, 1.82) is 0 Å². The Labute approximate surface area is 90.2 Å². The number of rotatable bonds is 4. The number of hydrogen-bond acceptors (Lipinski definition) is 3. The zero-order chi connectivity index (χ0) is 12.1. The van der Waals surface area contributed by atoms with E-state index in [2.05, 4.69) is 9.72 Å². The number of ether oxygens (including phenoxy) is 1. The topological polar surface area (TPSA) is 39.2 Å². The number of esters is 1. The Morgan fingerprint density at radius 3 is 2.81 bits per heavy atom. The highest BCUT2D eigenvalue weighted by molar-refractivity contribution is 5.72. The van der Waals surface area contributed by atoms with E-state index in [4.69, 9.17) is 0 Å². The molecule has 3 nitrogen and oxygen atoms in total. The van der Waals surface area contributed by atoms with Crippen LogP contribution in [0.25, 0.3) is 0 Å². The summed E-state index contributed by atoms with van der Waals surface area (Å²) in [5.41, 5.74) is -1.08. The number of carbonyl (C=O) groups excluding carboxylic acids is 1. The van der Waals surface area contributed by atoms with Gasteiger partial charge in [0.05, 0.1) is 24.3 Å². The van der Waals surface area contributed by atoms with Gasteiger partial charge in [-0.15, -0.1) is 0 Å². The first-order chi connectivity index (χ1) is 7.56. The number of halogens is 3. The van der Waals surface area contributed by atoms with Crippen LogP contribution in [-0.4, -0.2) is 17.6 Å². The van der Waals surface area contributed by atoms with Gasteiger partial charge < -0.3 is 4.74 Å². The molecule has 16 heavy (non-hydrogen) atoms. The average molecular weight is 233 g/mol. The molecule has 0 spiro atoms. The average Bonchev–Trinajstić information content (AvgIpc) is 2.21. The van der Waals surface area contributed by atoms with Crippen molar-refractivity contribution in [3.63, 3.8) is 0 Å². The second kappa shape index (κ2) is 5.48. The maximum atomic E-state index is 13.4. The fourth-order valence-corrected chi connectivity index (χ4v) is 1.14. The van der Waals surface area contributed by atoms with Crippen LogP contribution in [0, 0.1) is 5.82 Å². The van der Waals surface area contributed by atoms with Gasteiger partial charge in [-0.2, -0.15) is 0 Å². The minimum absolute atomic E-state index is 0.148. The van der Waals surface area contributed by atoms with Gasteiger partial charge in [-0.25, -0.2) is 13.2 Å². The third kappa shape index (κ3) is 2.95. The van der Waals surface area contributed by atoms with E-state index in [1.54, 1.807) is 6.92 Å². The van der Waals surface area contributed by atoms with Crippen LogP contribution in [0.15, 0.2) is 12.3 Å². The molecule has 0 aromatic carbocycles. The maximum Gasteiger partial charge on any atom is 0.311 e. The molecule has 1 heterocycles. The van der Waals surface area contributed by atoms with Gasteiger partial charge in [0.25, 0.3) is 6.43 Å². The molecule has 0 N–H and O–H groups in total. The first-order valence-electron chi connectivity index (χ1n) is 4.63. The molecular formula is C10H10F3NO2. The van der Waals surface area contributed by atoms with E-state index in [0.29, 0.717) is 0 Å². The first-order valence-corrected chi connectivity index (χ1v) is 4.63. The van der Waals surface area contributed by atoms with Crippen molar-refractivity contribution in [2.45, 2.75) is 19.8 Å². The maximum absolute atomic E-state index is 13.4. The zero-order valence-corrected chi connectivity index (χ0v) is 8.54. The quantitative estimate of drug-likeness (QED) is 0.749.